The molecule has 2 aliphatic rings. The van der Waals surface area contributed by atoms with Gasteiger partial charge in [-0.05, 0) is 24.6 Å². The van der Waals surface area contributed by atoms with Crippen LogP contribution in [0.2, 0.25) is 0 Å². The minimum atomic E-state index is -1.43. The first-order valence-electron chi connectivity index (χ1n) is 10.6. The monoisotopic (exact) mass is 490 g/mol. The molecule has 0 radical (unpaired) electrons. The fourth-order valence-corrected chi connectivity index (χ4v) is 4.32. The Balaban J connectivity index is 1.77. The Bertz CT molecular complexity index is 1090. The summed E-state index contributed by atoms with van der Waals surface area (Å²) >= 11 is 1.37. The van der Waals surface area contributed by atoms with Crippen LogP contribution in [0.15, 0.2) is 52.1 Å². The zero-order valence-corrected chi connectivity index (χ0v) is 19.1. The number of ether oxygens (including phenoxy) is 3. The first-order valence-corrected chi connectivity index (χ1v) is 11.5. The number of aliphatic imine (C=N–C) groups is 1. The third-order valence-electron chi connectivity index (χ3n) is 5.23. The van der Waals surface area contributed by atoms with E-state index in [1.807, 2.05) is 0 Å². The van der Waals surface area contributed by atoms with E-state index in [4.69, 9.17) is 24.3 Å². The van der Waals surface area contributed by atoms with E-state index in [2.05, 4.69) is 10.3 Å². The number of hydrogen-bond acceptors (Lipinski definition) is 10. The summed E-state index contributed by atoms with van der Waals surface area (Å²) in [5.74, 6) is -0.549. The average Bonchev–Trinajstić information content (AvgIpc) is 3.35. The largest absolute Gasteiger partial charge is 0.507 e. The van der Waals surface area contributed by atoms with Gasteiger partial charge in [0.05, 0.1) is 25.4 Å². The fraction of sp³-hybridized carbons (Fsp3) is 0.364. The number of esters is 1. The molecule has 2 N–H and O–H groups in total. The van der Waals surface area contributed by atoms with Crippen LogP contribution in [-0.2, 0) is 19.0 Å². The summed E-state index contributed by atoms with van der Waals surface area (Å²) in [6.07, 6.45) is -0.638. The molecule has 3 heterocycles. The van der Waals surface area contributed by atoms with Crippen molar-refractivity contribution in [1.82, 2.24) is 15.2 Å². The lowest BCUT2D eigenvalue weighted by Gasteiger charge is -2.36. The fourth-order valence-electron chi connectivity index (χ4n) is 3.73. The van der Waals surface area contributed by atoms with Gasteiger partial charge in [-0.3, -0.25) is 9.89 Å². The normalized spacial score (nSPS) is 20.9. The maximum atomic E-state index is 13.6. The summed E-state index contributed by atoms with van der Waals surface area (Å²) in [7, 11) is 0. The van der Waals surface area contributed by atoms with Crippen LogP contribution in [-0.4, -0.2) is 72.1 Å². The van der Waals surface area contributed by atoms with Crippen molar-refractivity contribution in [2.45, 2.75) is 19.2 Å². The summed E-state index contributed by atoms with van der Waals surface area (Å²) in [5.41, 5.74) is 1.31. The summed E-state index contributed by atoms with van der Waals surface area (Å²) in [6.45, 7) is 2.79. The van der Waals surface area contributed by atoms with E-state index in [0.29, 0.717) is 35.3 Å². The van der Waals surface area contributed by atoms with E-state index in [0.717, 1.165) is 0 Å². The molecule has 2 aromatic rings. The number of halogens is 1. The summed E-state index contributed by atoms with van der Waals surface area (Å²) in [5, 5.41) is 14.7. The Hall–Kier alpha value is -3.35. The van der Waals surface area contributed by atoms with Crippen LogP contribution in [0.25, 0.3) is 0 Å². The molecule has 1 aromatic heterocycles. The van der Waals surface area contributed by atoms with Gasteiger partial charge in [-0.1, -0.05) is 12.1 Å². The van der Waals surface area contributed by atoms with E-state index < -0.39 is 30.2 Å². The molecule has 4 rings (SSSR count). The molecule has 1 aromatic carbocycles. The molecule has 180 valence electrons. The molecule has 12 heteroatoms. The Morgan fingerprint density at radius 2 is 2.15 bits per heavy atom. The predicted octanol–water partition coefficient (Wildman–Crippen LogP) is 2.54. The first-order chi connectivity index (χ1) is 16.5. The Labute approximate surface area is 198 Å². The second kappa shape index (κ2) is 10.7. The SMILES string of the molecule is CCOC(=O)C1=C(CN2CCOC[C@@H]2OC(=O)O)NC(c2nccs2)=N[C@H]1c1ccc(F)cc1. The molecule has 34 heavy (non-hydrogen) atoms. The van der Waals surface area contributed by atoms with Crippen LogP contribution in [0.5, 0.6) is 0 Å². The van der Waals surface area contributed by atoms with Gasteiger partial charge < -0.3 is 24.6 Å². The molecule has 0 saturated carbocycles. The van der Waals surface area contributed by atoms with Crippen molar-refractivity contribution >= 4 is 29.3 Å². The van der Waals surface area contributed by atoms with Gasteiger partial charge in [-0.15, -0.1) is 11.3 Å². The van der Waals surface area contributed by atoms with Crippen molar-refractivity contribution in [3.8, 4) is 0 Å². The maximum absolute atomic E-state index is 13.6. The topological polar surface area (TPSA) is 123 Å². The van der Waals surface area contributed by atoms with Crippen molar-refractivity contribution in [2.75, 3.05) is 32.9 Å². The number of aromatic nitrogens is 1. The van der Waals surface area contributed by atoms with Crippen molar-refractivity contribution in [2.24, 2.45) is 4.99 Å². The summed E-state index contributed by atoms with van der Waals surface area (Å²) < 4.78 is 29.3. The number of carbonyl (C=O) groups excluding carboxylic acids is 1. The molecule has 2 atom stereocenters. The van der Waals surface area contributed by atoms with Gasteiger partial charge in [0.15, 0.2) is 17.1 Å². The van der Waals surface area contributed by atoms with Crippen molar-refractivity contribution in [3.63, 3.8) is 0 Å². The van der Waals surface area contributed by atoms with Gasteiger partial charge in [0.2, 0.25) is 0 Å². The van der Waals surface area contributed by atoms with E-state index in [-0.39, 0.29) is 25.3 Å². The molecule has 0 aliphatic carbocycles. The number of thiazole rings is 1. The van der Waals surface area contributed by atoms with Crippen LogP contribution >= 0.6 is 11.3 Å². The zero-order valence-electron chi connectivity index (χ0n) is 18.3. The lowest BCUT2D eigenvalue weighted by molar-refractivity contribution is -0.139. The molecular formula is C22H23FN4O6S. The zero-order chi connectivity index (χ0) is 24.1. The number of rotatable bonds is 7. The van der Waals surface area contributed by atoms with Gasteiger partial charge in [0.1, 0.15) is 11.9 Å². The summed E-state index contributed by atoms with van der Waals surface area (Å²) in [6, 6.07) is 4.95. The number of morpholine rings is 1. The number of hydrogen-bond donors (Lipinski definition) is 2. The van der Waals surface area contributed by atoms with E-state index in [1.54, 1.807) is 35.5 Å². The van der Waals surface area contributed by atoms with Crippen LogP contribution in [0, 0.1) is 5.82 Å². The molecular weight excluding hydrogens is 467 g/mol. The van der Waals surface area contributed by atoms with Gasteiger partial charge in [0, 0.05) is 30.4 Å². The predicted molar refractivity (Wildman–Crippen MR) is 120 cm³/mol. The van der Waals surface area contributed by atoms with Crippen LogP contribution < -0.4 is 5.32 Å². The Morgan fingerprint density at radius 3 is 2.82 bits per heavy atom. The third kappa shape index (κ3) is 5.41. The van der Waals surface area contributed by atoms with E-state index in [9.17, 15) is 14.0 Å². The minimum absolute atomic E-state index is 0.0587. The Morgan fingerprint density at radius 1 is 1.35 bits per heavy atom. The highest BCUT2D eigenvalue weighted by Crippen LogP contribution is 2.33. The van der Waals surface area contributed by atoms with Crippen molar-refractivity contribution < 1.29 is 33.3 Å². The van der Waals surface area contributed by atoms with Gasteiger partial charge >= 0.3 is 12.1 Å². The highest BCUT2D eigenvalue weighted by atomic mass is 32.1. The molecule has 1 saturated heterocycles. The number of benzene rings is 1. The van der Waals surface area contributed by atoms with Gasteiger partial charge in [0.25, 0.3) is 0 Å². The molecule has 0 bridgehead atoms. The molecule has 0 spiro atoms. The molecule has 0 unspecified atom stereocenters. The smallest absolute Gasteiger partial charge is 0.463 e. The van der Waals surface area contributed by atoms with Crippen LogP contribution in [0.1, 0.15) is 23.5 Å². The van der Waals surface area contributed by atoms with Gasteiger partial charge in [-0.2, -0.15) is 0 Å². The van der Waals surface area contributed by atoms with Crippen LogP contribution in [0.4, 0.5) is 9.18 Å². The van der Waals surface area contributed by atoms with Crippen molar-refractivity contribution in [1.29, 1.82) is 0 Å². The minimum Gasteiger partial charge on any atom is -0.463 e. The lowest BCUT2D eigenvalue weighted by atomic mass is 9.95. The second-order valence-electron chi connectivity index (χ2n) is 7.39. The lowest BCUT2D eigenvalue weighted by Crippen LogP contribution is -2.50. The highest BCUT2D eigenvalue weighted by Gasteiger charge is 2.35. The van der Waals surface area contributed by atoms with Crippen LogP contribution in [0.3, 0.4) is 0 Å². The first kappa shape index (κ1) is 23.8. The number of carboxylic acid groups (broad SMARTS) is 1. The standard InChI is InChI=1S/C22H23FN4O6S/c1-2-32-21(28)17-15(11-27-8-9-31-12-16(27)33-22(29)30)25-19(20-24-7-10-34-20)26-18(17)13-3-5-14(23)6-4-13/h3-7,10,16,18H,2,8-9,11-12H2,1H3,(H,25,26)(H,29,30)/t16-,18-/m0/s1. The average molecular weight is 491 g/mol. The Kier molecular flexibility index (Phi) is 7.50. The van der Waals surface area contributed by atoms with Crippen molar-refractivity contribution in [3.05, 3.63) is 63.5 Å². The highest BCUT2D eigenvalue weighted by molar-refractivity contribution is 7.11. The van der Waals surface area contributed by atoms with Gasteiger partial charge in [-0.25, -0.2) is 19.0 Å². The molecule has 10 nitrogen and oxygen atoms in total. The second-order valence-corrected chi connectivity index (χ2v) is 8.29. The quantitative estimate of drug-likeness (QED) is 0.564. The number of carbonyl (C=O) groups is 2. The molecule has 2 aliphatic heterocycles. The molecule has 0 amide bonds. The summed E-state index contributed by atoms with van der Waals surface area (Å²) in [4.78, 5) is 35.1. The number of nitrogens with zero attached hydrogens (tertiary/aromatic N) is 3. The van der Waals surface area contributed by atoms with E-state index >= 15 is 0 Å². The maximum Gasteiger partial charge on any atom is 0.507 e. The number of amidine groups is 1. The van der Waals surface area contributed by atoms with E-state index in [1.165, 1.54) is 23.5 Å². The third-order valence-corrected chi connectivity index (χ3v) is 6.01. The molecule has 1 fully saturated rings. The number of nitrogens with one attached hydrogen (secondary N) is 1.